The Hall–Kier alpha value is -1.35. The van der Waals surface area contributed by atoms with Crippen LogP contribution in [-0.4, -0.2) is 28.6 Å². The fraction of sp³-hybridized carbons (Fsp3) is 0.667. The molecule has 1 aromatic rings. The molecule has 0 heterocycles. The third kappa shape index (κ3) is 2.40. The van der Waals surface area contributed by atoms with E-state index < -0.39 is 6.10 Å². The van der Waals surface area contributed by atoms with E-state index in [-0.39, 0.29) is 28.0 Å². The van der Waals surface area contributed by atoms with Crippen LogP contribution in [0.15, 0.2) is 23.2 Å². The first kappa shape index (κ1) is 17.5. The third-order valence-corrected chi connectivity index (χ3v) is 7.04. The van der Waals surface area contributed by atoms with E-state index in [1.807, 2.05) is 12.1 Å². The Labute approximate surface area is 145 Å². The zero-order valence-electron chi connectivity index (χ0n) is 15.8. The second-order valence-corrected chi connectivity index (χ2v) is 9.52. The fourth-order valence-electron chi connectivity index (χ4n) is 4.76. The van der Waals surface area contributed by atoms with Crippen LogP contribution in [0, 0.1) is 16.7 Å². The lowest BCUT2D eigenvalue weighted by molar-refractivity contribution is 0.00624. The van der Waals surface area contributed by atoms with Crippen LogP contribution < -0.4 is 0 Å². The molecule has 0 saturated heterocycles. The van der Waals surface area contributed by atoms with E-state index in [2.05, 4.69) is 41.5 Å². The quantitative estimate of drug-likeness (QED) is 0.795. The standard InChI is InChI=1S/C21H31NO2/c1-19(2,3)14-7-8-16(23)13(11-14)12-22-17-15-9-10-21(6,18(17)24)20(15,4)5/h7-8,11-12,15,17-18,23-24H,9-10H2,1-6H3/t15?,17-,18-,21?/m1/s1. The predicted molar refractivity (Wildman–Crippen MR) is 98.8 cm³/mol. The number of fused-ring (bicyclic) bond motifs is 2. The normalized spacial score (nSPS) is 35.0. The van der Waals surface area contributed by atoms with Crippen LogP contribution in [0.25, 0.3) is 0 Å². The maximum atomic E-state index is 10.8. The van der Waals surface area contributed by atoms with Crippen LogP contribution in [0.5, 0.6) is 5.75 Å². The first-order valence-corrected chi connectivity index (χ1v) is 9.03. The van der Waals surface area contributed by atoms with Crippen molar-refractivity contribution in [2.75, 3.05) is 0 Å². The van der Waals surface area contributed by atoms with Gasteiger partial charge in [-0.3, -0.25) is 4.99 Å². The molecule has 132 valence electrons. The molecule has 2 aliphatic rings. The minimum Gasteiger partial charge on any atom is -0.507 e. The number of phenolic OH excluding ortho intramolecular Hbond substituents is 1. The number of aliphatic imine (C=N–C) groups is 1. The van der Waals surface area contributed by atoms with Crippen molar-refractivity contribution in [1.29, 1.82) is 0 Å². The first-order valence-electron chi connectivity index (χ1n) is 9.03. The van der Waals surface area contributed by atoms with E-state index in [0.717, 1.165) is 18.4 Å². The summed E-state index contributed by atoms with van der Waals surface area (Å²) >= 11 is 0. The Kier molecular flexibility index (Phi) is 3.87. The average Bonchev–Trinajstić information content (AvgIpc) is 2.78. The Morgan fingerprint density at radius 3 is 2.42 bits per heavy atom. The molecule has 4 atom stereocenters. The average molecular weight is 329 g/mol. The van der Waals surface area contributed by atoms with Crippen molar-refractivity contribution in [3.63, 3.8) is 0 Å². The second kappa shape index (κ2) is 5.32. The molecule has 0 spiro atoms. The molecule has 3 heteroatoms. The highest BCUT2D eigenvalue weighted by Gasteiger charge is 2.65. The summed E-state index contributed by atoms with van der Waals surface area (Å²) in [7, 11) is 0. The van der Waals surface area contributed by atoms with E-state index in [0.29, 0.717) is 5.92 Å². The van der Waals surface area contributed by atoms with E-state index in [9.17, 15) is 10.2 Å². The maximum absolute atomic E-state index is 10.8. The number of aliphatic hydroxyl groups is 1. The van der Waals surface area contributed by atoms with Crippen molar-refractivity contribution in [1.82, 2.24) is 0 Å². The zero-order chi connectivity index (χ0) is 17.9. The van der Waals surface area contributed by atoms with Gasteiger partial charge < -0.3 is 10.2 Å². The van der Waals surface area contributed by atoms with Crippen molar-refractivity contribution in [3.8, 4) is 5.75 Å². The number of rotatable bonds is 2. The lowest BCUT2D eigenvalue weighted by atomic mass is 9.70. The van der Waals surface area contributed by atoms with Gasteiger partial charge in [-0.25, -0.2) is 0 Å². The van der Waals surface area contributed by atoms with Crippen LogP contribution in [-0.2, 0) is 5.41 Å². The molecule has 2 unspecified atom stereocenters. The Balaban J connectivity index is 1.90. The van der Waals surface area contributed by atoms with Gasteiger partial charge in [-0.15, -0.1) is 0 Å². The monoisotopic (exact) mass is 329 g/mol. The molecule has 24 heavy (non-hydrogen) atoms. The molecule has 0 radical (unpaired) electrons. The molecule has 2 bridgehead atoms. The number of nitrogens with zero attached hydrogens (tertiary/aromatic N) is 1. The second-order valence-electron chi connectivity index (χ2n) is 9.52. The molecule has 0 aromatic heterocycles. The van der Waals surface area contributed by atoms with E-state index in [4.69, 9.17) is 4.99 Å². The molecule has 2 N–H and O–H groups in total. The molecular weight excluding hydrogens is 298 g/mol. The van der Waals surface area contributed by atoms with Gasteiger partial charge in [0, 0.05) is 17.2 Å². The van der Waals surface area contributed by atoms with Crippen molar-refractivity contribution in [3.05, 3.63) is 29.3 Å². The summed E-state index contributed by atoms with van der Waals surface area (Å²) in [6.45, 7) is 13.2. The van der Waals surface area contributed by atoms with Crippen molar-refractivity contribution in [2.45, 2.75) is 71.9 Å². The zero-order valence-corrected chi connectivity index (χ0v) is 15.8. The first-order chi connectivity index (χ1) is 11.0. The minimum atomic E-state index is -0.407. The highest BCUT2D eigenvalue weighted by atomic mass is 16.3. The third-order valence-electron chi connectivity index (χ3n) is 7.04. The molecular formula is C21H31NO2. The van der Waals surface area contributed by atoms with Gasteiger partial charge in [0.1, 0.15) is 5.75 Å². The van der Waals surface area contributed by atoms with Crippen LogP contribution in [0.2, 0.25) is 0 Å². The number of aromatic hydroxyl groups is 1. The largest absolute Gasteiger partial charge is 0.507 e. The van der Waals surface area contributed by atoms with Gasteiger partial charge in [-0.05, 0) is 47.3 Å². The molecule has 2 aliphatic carbocycles. The molecule has 3 nitrogen and oxygen atoms in total. The van der Waals surface area contributed by atoms with Gasteiger partial charge in [0.15, 0.2) is 0 Å². The van der Waals surface area contributed by atoms with E-state index in [1.54, 1.807) is 12.3 Å². The molecule has 2 saturated carbocycles. The lowest BCUT2D eigenvalue weighted by Crippen LogP contribution is -2.39. The molecule has 0 aliphatic heterocycles. The summed E-state index contributed by atoms with van der Waals surface area (Å²) in [6, 6.07) is 5.63. The van der Waals surface area contributed by atoms with Gasteiger partial charge in [0.25, 0.3) is 0 Å². The maximum Gasteiger partial charge on any atom is 0.124 e. The molecule has 2 fully saturated rings. The lowest BCUT2D eigenvalue weighted by Gasteiger charge is -2.36. The smallest absolute Gasteiger partial charge is 0.124 e. The van der Waals surface area contributed by atoms with Crippen LogP contribution in [0.4, 0.5) is 0 Å². The van der Waals surface area contributed by atoms with Crippen LogP contribution in [0.3, 0.4) is 0 Å². The SMILES string of the molecule is CC(C)(C)c1ccc(O)c(C=N[C@@H]2C3CCC(C)([C@@H]2O)C3(C)C)c1. The van der Waals surface area contributed by atoms with Gasteiger partial charge in [-0.2, -0.15) is 0 Å². The number of benzene rings is 1. The highest BCUT2D eigenvalue weighted by molar-refractivity contribution is 5.84. The minimum absolute atomic E-state index is 0.0255. The summed E-state index contributed by atoms with van der Waals surface area (Å²) < 4.78 is 0. The summed E-state index contributed by atoms with van der Waals surface area (Å²) in [5.41, 5.74) is 1.97. The van der Waals surface area contributed by atoms with Gasteiger partial charge >= 0.3 is 0 Å². The van der Waals surface area contributed by atoms with Crippen LogP contribution in [0.1, 0.15) is 65.5 Å². The Morgan fingerprint density at radius 1 is 1.21 bits per heavy atom. The Bertz CT molecular complexity index is 671. The van der Waals surface area contributed by atoms with Gasteiger partial charge in [-0.1, -0.05) is 47.6 Å². The number of hydrogen-bond acceptors (Lipinski definition) is 3. The molecule has 0 amide bonds. The summed E-state index contributed by atoms with van der Waals surface area (Å²) in [5.74, 6) is 0.650. The Morgan fingerprint density at radius 2 is 1.88 bits per heavy atom. The number of phenols is 1. The van der Waals surface area contributed by atoms with E-state index >= 15 is 0 Å². The predicted octanol–water partition coefficient (Wildman–Crippen LogP) is 4.29. The number of hydrogen-bond donors (Lipinski definition) is 2. The summed E-state index contributed by atoms with van der Waals surface area (Å²) in [5, 5.41) is 21.0. The van der Waals surface area contributed by atoms with E-state index in [1.165, 1.54) is 5.56 Å². The number of aliphatic hydroxyl groups excluding tert-OH is 1. The highest BCUT2D eigenvalue weighted by Crippen LogP contribution is 2.66. The van der Waals surface area contributed by atoms with Crippen molar-refractivity contribution in [2.24, 2.45) is 21.7 Å². The van der Waals surface area contributed by atoms with Crippen molar-refractivity contribution >= 4 is 6.21 Å². The molecule has 1 aromatic carbocycles. The van der Waals surface area contributed by atoms with Gasteiger partial charge in [0.2, 0.25) is 0 Å². The van der Waals surface area contributed by atoms with Crippen LogP contribution >= 0.6 is 0 Å². The summed E-state index contributed by atoms with van der Waals surface area (Å²) in [6.07, 6.45) is 3.55. The topological polar surface area (TPSA) is 52.8 Å². The molecule has 3 rings (SSSR count). The summed E-state index contributed by atoms with van der Waals surface area (Å²) in [4.78, 5) is 4.75. The fourth-order valence-corrected chi connectivity index (χ4v) is 4.76. The van der Waals surface area contributed by atoms with Gasteiger partial charge in [0.05, 0.1) is 12.1 Å². The van der Waals surface area contributed by atoms with Crippen molar-refractivity contribution < 1.29 is 10.2 Å².